The van der Waals surface area contributed by atoms with Crippen molar-refractivity contribution in [1.29, 1.82) is 0 Å². The van der Waals surface area contributed by atoms with Gasteiger partial charge < -0.3 is 5.73 Å². The molecule has 2 aromatic rings. The van der Waals surface area contributed by atoms with Crippen molar-refractivity contribution in [2.24, 2.45) is 0 Å². The zero-order valence-corrected chi connectivity index (χ0v) is 10.7. The Kier molecular flexibility index (Phi) is 2.55. The summed E-state index contributed by atoms with van der Waals surface area (Å²) < 4.78 is 0.938. The van der Waals surface area contributed by atoms with Crippen LogP contribution in [0.3, 0.4) is 0 Å². The molecule has 1 saturated carbocycles. The number of aromatic nitrogens is 3. The summed E-state index contributed by atoms with van der Waals surface area (Å²) >= 11 is 3.35. The van der Waals surface area contributed by atoms with Crippen LogP contribution < -0.4 is 5.73 Å². The largest absolute Gasteiger partial charge is 0.384 e. The molecule has 4 nitrogen and oxygen atoms in total. The molecule has 0 aromatic carbocycles. The van der Waals surface area contributed by atoms with Gasteiger partial charge in [0.15, 0.2) is 5.82 Å². The zero-order valence-electron chi connectivity index (χ0n) is 9.10. The molecular formula is C12H11BrN4. The molecule has 0 unspecified atom stereocenters. The monoisotopic (exact) mass is 290 g/mol. The van der Waals surface area contributed by atoms with Gasteiger partial charge in [0.05, 0.1) is 0 Å². The first-order valence-corrected chi connectivity index (χ1v) is 6.28. The summed E-state index contributed by atoms with van der Waals surface area (Å²) in [5.41, 5.74) is 7.60. The van der Waals surface area contributed by atoms with E-state index in [0.717, 1.165) is 15.9 Å². The van der Waals surface area contributed by atoms with Crippen LogP contribution in [0.15, 0.2) is 28.9 Å². The van der Waals surface area contributed by atoms with E-state index < -0.39 is 0 Å². The van der Waals surface area contributed by atoms with Crippen molar-refractivity contribution in [3.63, 3.8) is 0 Å². The van der Waals surface area contributed by atoms with Crippen molar-refractivity contribution in [3.05, 3.63) is 34.6 Å². The zero-order chi connectivity index (χ0) is 11.8. The molecule has 86 valence electrons. The summed E-state index contributed by atoms with van der Waals surface area (Å²) in [6, 6.07) is 5.67. The van der Waals surface area contributed by atoms with Crippen molar-refractivity contribution in [2.75, 3.05) is 5.73 Å². The maximum absolute atomic E-state index is 5.80. The Hall–Kier alpha value is -1.49. The lowest BCUT2D eigenvalue weighted by molar-refractivity contribution is 0.991. The van der Waals surface area contributed by atoms with Crippen molar-refractivity contribution < 1.29 is 0 Å². The summed E-state index contributed by atoms with van der Waals surface area (Å²) in [5, 5.41) is 0. The molecule has 5 heteroatoms. The smallest absolute Gasteiger partial charge is 0.180 e. The van der Waals surface area contributed by atoms with E-state index in [9.17, 15) is 0 Å². The van der Waals surface area contributed by atoms with Gasteiger partial charge in [-0.25, -0.2) is 9.97 Å². The van der Waals surface area contributed by atoms with E-state index in [0.29, 0.717) is 17.6 Å². The van der Waals surface area contributed by atoms with Crippen LogP contribution in [-0.4, -0.2) is 15.0 Å². The summed E-state index contributed by atoms with van der Waals surface area (Å²) in [4.78, 5) is 13.0. The molecule has 0 atom stereocenters. The minimum atomic E-state index is 0.515. The van der Waals surface area contributed by atoms with Gasteiger partial charge in [0.1, 0.15) is 11.5 Å². The fraction of sp³-hybridized carbons (Fsp3) is 0.250. The molecule has 0 saturated heterocycles. The fourth-order valence-corrected chi connectivity index (χ4v) is 1.93. The predicted octanol–water partition coefficient (Wildman–Crippen LogP) is 2.76. The molecule has 1 fully saturated rings. The van der Waals surface area contributed by atoms with Crippen LogP contribution >= 0.6 is 15.9 Å². The van der Waals surface area contributed by atoms with Gasteiger partial charge in [-0.3, -0.25) is 4.98 Å². The van der Waals surface area contributed by atoms with Gasteiger partial charge in [-0.2, -0.15) is 0 Å². The molecule has 1 aliphatic carbocycles. The van der Waals surface area contributed by atoms with Crippen LogP contribution in [-0.2, 0) is 0 Å². The van der Waals surface area contributed by atoms with E-state index in [-0.39, 0.29) is 0 Å². The first kappa shape index (κ1) is 10.7. The van der Waals surface area contributed by atoms with Gasteiger partial charge in [0, 0.05) is 28.3 Å². The third-order valence-corrected chi connectivity index (χ3v) is 3.19. The van der Waals surface area contributed by atoms with Gasteiger partial charge in [-0.05, 0) is 40.9 Å². The minimum Gasteiger partial charge on any atom is -0.384 e. The van der Waals surface area contributed by atoms with Gasteiger partial charge in [-0.15, -0.1) is 0 Å². The molecule has 0 spiro atoms. The second-order valence-electron chi connectivity index (χ2n) is 4.18. The van der Waals surface area contributed by atoms with Crippen LogP contribution in [0.25, 0.3) is 11.5 Å². The second kappa shape index (κ2) is 4.07. The molecule has 0 bridgehead atoms. The van der Waals surface area contributed by atoms with Crippen LogP contribution in [0, 0.1) is 0 Å². The van der Waals surface area contributed by atoms with E-state index in [2.05, 4.69) is 30.9 Å². The van der Waals surface area contributed by atoms with E-state index in [1.807, 2.05) is 18.2 Å². The van der Waals surface area contributed by atoms with Crippen LogP contribution in [0.5, 0.6) is 0 Å². The molecule has 3 rings (SSSR count). The number of nitrogens with zero attached hydrogens (tertiary/aromatic N) is 3. The minimum absolute atomic E-state index is 0.515. The average Bonchev–Trinajstić information content (AvgIpc) is 3.13. The highest BCUT2D eigenvalue weighted by molar-refractivity contribution is 9.10. The number of halogens is 1. The van der Waals surface area contributed by atoms with Crippen LogP contribution in [0.4, 0.5) is 5.82 Å². The van der Waals surface area contributed by atoms with Gasteiger partial charge in [0.2, 0.25) is 0 Å². The van der Waals surface area contributed by atoms with E-state index in [1.165, 1.54) is 12.8 Å². The Bertz CT molecular complexity index is 549. The third kappa shape index (κ3) is 2.29. The lowest BCUT2D eigenvalue weighted by atomic mass is 10.2. The SMILES string of the molecule is Nc1cc(C2CC2)nc(-c2ccc(Br)cn2)n1. The predicted molar refractivity (Wildman–Crippen MR) is 69.4 cm³/mol. The van der Waals surface area contributed by atoms with Crippen molar-refractivity contribution in [3.8, 4) is 11.5 Å². The number of anilines is 1. The second-order valence-corrected chi connectivity index (χ2v) is 5.09. The molecular weight excluding hydrogens is 280 g/mol. The highest BCUT2D eigenvalue weighted by atomic mass is 79.9. The molecule has 0 radical (unpaired) electrons. The number of hydrogen-bond donors (Lipinski definition) is 1. The number of nitrogen functional groups attached to an aromatic ring is 1. The molecule has 0 aliphatic heterocycles. The first-order chi connectivity index (χ1) is 8.22. The van der Waals surface area contributed by atoms with E-state index in [1.54, 1.807) is 6.20 Å². The van der Waals surface area contributed by atoms with Crippen LogP contribution in [0.2, 0.25) is 0 Å². The number of pyridine rings is 1. The molecule has 2 N–H and O–H groups in total. The lowest BCUT2D eigenvalue weighted by Gasteiger charge is -2.04. The summed E-state index contributed by atoms with van der Waals surface area (Å²) in [5.74, 6) is 1.69. The van der Waals surface area contributed by atoms with Gasteiger partial charge in [0.25, 0.3) is 0 Å². The molecule has 17 heavy (non-hydrogen) atoms. The summed E-state index contributed by atoms with van der Waals surface area (Å²) in [6.45, 7) is 0. The highest BCUT2D eigenvalue weighted by Crippen LogP contribution is 2.39. The molecule has 0 amide bonds. The summed E-state index contributed by atoms with van der Waals surface area (Å²) in [6.07, 6.45) is 4.13. The first-order valence-electron chi connectivity index (χ1n) is 5.49. The highest BCUT2D eigenvalue weighted by Gasteiger charge is 2.26. The van der Waals surface area contributed by atoms with Crippen molar-refractivity contribution >= 4 is 21.7 Å². The Morgan fingerprint density at radius 3 is 2.71 bits per heavy atom. The summed E-state index contributed by atoms with van der Waals surface area (Å²) in [7, 11) is 0. The number of rotatable bonds is 2. The van der Waals surface area contributed by atoms with Crippen molar-refractivity contribution in [1.82, 2.24) is 15.0 Å². The lowest BCUT2D eigenvalue weighted by Crippen LogP contribution is -2.00. The Morgan fingerprint density at radius 2 is 2.06 bits per heavy atom. The van der Waals surface area contributed by atoms with E-state index in [4.69, 9.17) is 5.73 Å². The Morgan fingerprint density at radius 1 is 1.24 bits per heavy atom. The quantitative estimate of drug-likeness (QED) is 0.924. The van der Waals surface area contributed by atoms with Crippen molar-refractivity contribution in [2.45, 2.75) is 18.8 Å². The molecule has 2 heterocycles. The maximum atomic E-state index is 5.80. The maximum Gasteiger partial charge on any atom is 0.180 e. The number of hydrogen-bond acceptors (Lipinski definition) is 4. The average molecular weight is 291 g/mol. The van der Waals surface area contributed by atoms with E-state index >= 15 is 0 Å². The Labute approximate surface area is 107 Å². The van der Waals surface area contributed by atoms with Gasteiger partial charge in [-0.1, -0.05) is 0 Å². The fourth-order valence-electron chi connectivity index (χ4n) is 1.70. The number of nitrogens with two attached hydrogens (primary N) is 1. The van der Waals surface area contributed by atoms with Crippen LogP contribution in [0.1, 0.15) is 24.5 Å². The molecule has 1 aliphatic rings. The Balaban J connectivity index is 2.04. The third-order valence-electron chi connectivity index (χ3n) is 2.72. The topological polar surface area (TPSA) is 64.7 Å². The standard InChI is InChI=1S/C12H11BrN4/c13-8-3-4-9(15-6-8)12-16-10(7-1-2-7)5-11(14)17-12/h3-7H,1-2H2,(H2,14,16,17). The normalized spacial score (nSPS) is 14.9. The molecule has 2 aromatic heterocycles. The van der Waals surface area contributed by atoms with Gasteiger partial charge >= 0.3 is 0 Å².